The number of hydrogen-bond acceptors (Lipinski definition) is 5. The highest BCUT2D eigenvalue weighted by molar-refractivity contribution is 6.01. The van der Waals surface area contributed by atoms with Crippen LogP contribution in [0.3, 0.4) is 0 Å². The van der Waals surface area contributed by atoms with Gasteiger partial charge in [-0.1, -0.05) is 6.07 Å². The van der Waals surface area contributed by atoms with Crippen molar-refractivity contribution in [2.45, 2.75) is 19.8 Å². The second kappa shape index (κ2) is 8.22. The number of aryl methyl sites for hydroxylation is 1. The molecule has 0 bridgehead atoms. The van der Waals surface area contributed by atoms with E-state index in [1.807, 2.05) is 0 Å². The van der Waals surface area contributed by atoms with E-state index < -0.39 is 30.3 Å². The molecule has 8 nitrogen and oxygen atoms in total. The van der Waals surface area contributed by atoms with Crippen LogP contribution in [0.5, 0.6) is 0 Å². The van der Waals surface area contributed by atoms with E-state index in [-0.39, 0.29) is 37.5 Å². The predicted octanol–water partition coefficient (Wildman–Crippen LogP) is 0.948. The lowest BCUT2D eigenvalue weighted by Crippen LogP contribution is -2.32. The molecule has 4 amide bonds. The predicted molar refractivity (Wildman–Crippen MR) is 85.1 cm³/mol. The van der Waals surface area contributed by atoms with Gasteiger partial charge in [-0.15, -0.1) is 0 Å². The van der Waals surface area contributed by atoms with Gasteiger partial charge in [0, 0.05) is 18.7 Å². The van der Waals surface area contributed by atoms with Gasteiger partial charge in [0.05, 0.1) is 6.54 Å². The van der Waals surface area contributed by atoms with Crippen LogP contribution >= 0.6 is 0 Å². The van der Waals surface area contributed by atoms with Gasteiger partial charge in [-0.05, 0) is 31.0 Å². The van der Waals surface area contributed by atoms with Crippen molar-refractivity contribution in [2.75, 3.05) is 25.0 Å². The number of amides is 4. The van der Waals surface area contributed by atoms with Gasteiger partial charge in [-0.25, -0.2) is 9.18 Å². The van der Waals surface area contributed by atoms with E-state index in [0.717, 1.165) is 4.90 Å². The largest absolute Gasteiger partial charge is 0.456 e. The number of rotatable bonds is 7. The molecule has 0 unspecified atom stereocenters. The Labute approximate surface area is 143 Å². The van der Waals surface area contributed by atoms with Crippen molar-refractivity contribution in [3.8, 4) is 0 Å². The number of imide groups is 1. The van der Waals surface area contributed by atoms with Crippen LogP contribution in [0.1, 0.15) is 18.4 Å². The quantitative estimate of drug-likeness (QED) is 0.562. The summed E-state index contributed by atoms with van der Waals surface area (Å²) in [7, 11) is 0. The Kier molecular flexibility index (Phi) is 6.04. The first kappa shape index (κ1) is 18.4. The molecule has 0 radical (unpaired) electrons. The number of halogens is 1. The van der Waals surface area contributed by atoms with Crippen LogP contribution in [0, 0.1) is 12.7 Å². The highest BCUT2D eigenvalue weighted by Crippen LogP contribution is 2.13. The minimum atomic E-state index is -0.628. The van der Waals surface area contributed by atoms with Gasteiger partial charge in [0.1, 0.15) is 5.82 Å². The Hall–Kier alpha value is -2.97. The number of benzene rings is 1. The summed E-state index contributed by atoms with van der Waals surface area (Å²) in [6.45, 7) is 1.16. The first-order chi connectivity index (χ1) is 11.9. The van der Waals surface area contributed by atoms with Crippen molar-refractivity contribution < 1.29 is 28.3 Å². The van der Waals surface area contributed by atoms with E-state index in [1.165, 1.54) is 18.2 Å². The zero-order chi connectivity index (χ0) is 18.4. The molecule has 1 aliphatic heterocycles. The molecule has 1 aromatic carbocycles. The molecule has 1 aliphatic rings. The van der Waals surface area contributed by atoms with Crippen LogP contribution in [-0.4, -0.2) is 48.4 Å². The highest BCUT2D eigenvalue weighted by atomic mass is 19.1. The molecule has 0 aromatic heterocycles. The topological polar surface area (TPSA) is 105 Å². The lowest BCUT2D eigenvalue weighted by Gasteiger charge is -2.11. The number of carbonyl (C=O) groups excluding carboxylic acids is 4. The monoisotopic (exact) mass is 351 g/mol. The molecular weight excluding hydrogens is 333 g/mol. The number of hydrogen-bond donors (Lipinski definition) is 2. The van der Waals surface area contributed by atoms with Gasteiger partial charge in [0.15, 0.2) is 6.61 Å². The Bertz CT molecular complexity index is 691. The van der Waals surface area contributed by atoms with Crippen LogP contribution < -0.4 is 10.6 Å². The standard InChI is InChI=1S/C16H18FN3O5/c1-10-4-5-11(7-12(10)17)19-13(21)9-25-15(23)3-2-6-20-14(22)8-18-16(20)24/h4-5,7H,2-3,6,8-9H2,1H3,(H,18,24)(H,19,21). The van der Waals surface area contributed by atoms with Crippen molar-refractivity contribution in [2.24, 2.45) is 0 Å². The lowest BCUT2D eigenvalue weighted by atomic mass is 10.2. The minimum Gasteiger partial charge on any atom is -0.456 e. The van der Waals surface area contributed by atoms with E-state index in [0.29, 0.717) is 5.56 Å². The molecule has 1 aromatic rings. The summed E-state index contributed by atoms with van der Waals surface area (Å²) in [5.74, 6) is -2.01. The number of anilines is 1. The number of carbonyl (C=O) groups is 4. The van der Waals surface area contributed by atoms with Crippen LogP contribution in [0.2, 0.25) is 0 Å². The minimum absolute atomic E-state index is 0.0382. The van der Waals surface area contributed by atoms with Crippen molar-refractivity contribution in [3.63, 3.8) is 0 Å². The molecule has 25 heavy (non-hydrogen) atoms. The smallest absolute Gasteiger partial charge is 0.324 e. The van der Waals surface area contributed by atoms with Crippen LogP contribution in [0.15, 0.2) is 18.2 Å². The number of ether oxygens (including phenoxy) is 1. The normalized spacial score (nSPS) is 13.6. The third-order valence-electron chi connectivity index (χ3n) is 3.52. The third kappa shape index (κ3) is 5.27. The number of nitrogens with one attached hydrogen (secondary N) is 2. The molecule has 1 fully saturated rings. The summed E-state index contributed by atoms with van der Waals surface area (Å²) in [4.78, 5) is 46.9. The van der Waals surface area contributed by atoms with Gasteiger partial charge in [-0.2, -0.15) is 0 Å². The van der Waals surface area contributed by atoms with E-state index in [4.69, 9.17) is 4.74 Å². The van der Waals surface area contributed by atoms with Crippen LogP contribution in [-0.2, 0) is 19.1 Å². The molecule has 1 saturated heterocycles. The second-order valence-corrected chi connectivity index (χ2v) is 5.48. The Balaban J connectivity index is 1.67. The maximum absolute atomic E-state index is 13.4. The molecular formula is C16H18FN3O5. The summed E-state index contributed by atoms with van der Waals surface area (Å²) in [6, 6.07) is 3.75. The van der Waals surface area contributed by atoms with Crippen molar-refractivity contribution in [1.82, 2.24) is 10.2 Å². The third-order valence-corrected chi connectivity index (χ3v) is 3.52. The fourth-order valence-corrected chi connectivity index (χ4v) is 2.15. The maximum atomic E-state index is 13.4. The molecule has 9 heteroatoms. The van der Waals surface area contributed by atoms with Gasteiger partial charge >= 0.3 is 12.0 Å². The van der Waals surface area contributed by atoms with Crippen molar-refractivity contribution >= 4 is 29.5 Å². The second-order valence-electron chi connectivity index (χ2n) is 5.48. The Morgan fingerprint density at radius 1 is 1.36 bits per heavy atom. The molecule has 0 spiro atoms. The number of esters is 1. The summed E-state index contributed by atoms with van der Waals surface area (Å²) in [6.07, 6.45) is 0.201. The molecule has 0 atom stereocenters. The highest BCUT2D eigenvalue weighted by Gasteiger charge is 2.27. The van der Waals surface area contributed by atoms with E-state index >= 15 is 0 Å². The molecule has 0 aliphatic carbocycles. The van der Waals surface area contributed by atoms with Crippen molar-refractivity contribution in [3.05, 3.63) is 29.6 Å². The van der Waals surface area contributed by atoms with Gasteiger partial charge in [0.25, 0.3) is 5.91 Å². The van der Waals surface area contributed by atoms with Gasteiger partial charge in [-0.3, -0.25) is 19.3 Å². The maximum Gasteiger partial charge on any atom is 0.324 e. The summed E-state index contributed by atoms with van der Waals surface area (Å²) >= 11 is 0. The first-order valence-corrected chi connectivity index (χ1v) is 7.66. The number of nitrogens with zero attached hydrogens (tertiary/aromatic N) is 1. The SMILES string of the molecule is Cc1ccc(NC(=O)COC(=O)CCCN2C(=O)CNC2=O)cc1F. The summed E-state index contributed by atoms with van der Waals surface area (Å²) in [5, 5.41) is 4.79. The zero-order valence-electron chi connectivity index (χ0n) is 13.6. The summed E-state index contributed by atoms with van der Waals surface area (Å²) in [5.41, 5.74) is 0.720. The van der Waals surface area contributed by atoms with E-state index in [9.17, 15) is 23.6 Å². The van der Waals surface area contributed by atoms with E-state index in [1.54, 1.807) is 6.92 Å². The average Bonchev–Trinajstić information content (AvgIpc) is 2.88. The Morgan fingerprint density at radius 3 is 2.76 bits per heavy atom. The average molecular weight is 351 g/mol. The van der Waals surface area contributed by atoms with Gasteiger partial charge < -0.3 is 15.4 Å². The first-order valence-electron chi connectivity index (χ1n) is 7.66. The molecule has 2 N–H and O–H groups in total. The fourth-order valence-electron chi connectivity index (χ4n) is 2.15. The lowest BCUT2D eigenvalue weighted by molar-refractivity contribution is -0.147. The number of urea groups is 1. The molecule has 134 valence electrons. The molecule has 0 saturated carbocycles. The van der Waals surface area contributed by atoms with Gasteiger partial charge in [0.2, 0.25) is 5.91 Å². The van der Waals surface area contributed by atoms with Crippen LogP contribution in [0.25, 0.3) is 0 Å². The molecule has 1 heterocycles. The molecule has 2 rings (SSSR count). The zero-order valence-corrected chi connectivity index (χ0v) is 13.6. The fraction of sp³-hybridized carbons (Fsp3) is 0.375. The van der Waals surface area contributed by atoms with Crippen molar-refractivity contribution in [1.29, 1.82) is 0 Å². The van der Waals surface area contributed by atoms with Crippen LogP contribution in [0.4, 0.5) is 14.9 Å². The summed E-state index contributed by atoms with van der Waals surface area (Å²) < 4.78 is 18.2. The van der Waals surface area contributed by atoms with E-state index in [2.05, 4.69) is 10.6 Å². The Morgan fingerprint density at radius 2 is 2.12 bits per heavy atom.